The molecular weight excluding hydrogens is 224 g/mol. The van der Waals surface area contributed by atoms with Gasteiger partial charge in [0.2, 0.25) is 11.8 Å². The molecule has 1 unspecified atom stereocenters. The molecule has 1 heterocycles. The van der Waals surface area contributed by atoms with Crippen molar-refractivity contribution in [3.8, 4) is 0 Å². The van der Waals surface area contributed by atoms with Crippen LogP contribution in [0.15, 0.2) is 0 Å². The molecule has 0 aromatic heterocycles. The second-order valence-electron chi connectivity index (χ2n) is 4.05. The second kappa shape index (κ2) is 6.19. The maximum atomic E-state index is 11.8. The van der Waals surface area contributed by atoms with Gasteiger partial charge in [0, 0.05) is 13.1 Å². The van der Waals surface area contributed by atoms with Crippen LogP contribution >= 0.6 is 0 Å². The van der Waals surface area contributed by atoms with Gasteiger partial charge in [-0.15, -0.1) is 0 Å². The number of hydrogen-bond acceptors (Lipinski definition) is 4. The largest absolute Gasteiger partial charge is 0.351 e. The Kier molecular flexibility index (Phi) is 4.89. The maximum absolute atomic E-state index is 11.8. The minimum Gasteiger partial charge on any atom is -0.351 e. The van der Waals surface area contributed by atoms with Crippen LogP contribution in [-0.2, 0) is 9.59 Å². The van der Waals surface area contributed by atoms with Crippen LogP contribution in [0.4, 0.5) is 4.79 Å². The molecule has 1 fully saturated rings. The average molecular weight is 242 g/mol. The Labute approximate surface area is 99.7 Å². The van der Waals surface area contributed by atoms with Gasteiger partial charge in [0.25, 0.3) is 0 Å². The summed E-state index contributed by atoms with van der Waals surface area (Å²) in [5.74, 6) is -0.562. The van der Waals surface area contributed by atoms with Crippen molar-refractivity contribution in [2.24, 2.45) is 5.73 Å². The third-order valence-corrected chi connectivity index (χ3v) is 2.62. The van der Waals surface area contributed by atoms with Gasteiger partial charge in [-0.1, -0.05) is 0 Å². The predicted octanol–water partition coefficient (Wildman–Crippen LogP) is -1.22. The number of likely N-dealkylation sites (tertiary alicyclic amines) is 1. The molecule has 0 aromatic carbocycles. The van der Waals surface area contributed by atoms with Crippen molar-refractivity contribution < 1.29 is 14.4 Å². The quantitative estimate of drug-likeness (QED) is 0.574. The van der Waals surface area contributed by atoms with Crippen molar-refractivity contribution in [1.82, 2.24) is 15.5 Å². The van der Waals surface area contributed by atoms with Crippen molar-refractivity contribution in [1.29, 1.82) is 0 Å². The van der Waals surface area contributed by atoms with Gasteiger partial charge in [0.15, 0.2) is 0 Å². The van der Waals surface area contributed by atoms with E-state index < -0.39 is 18.0 Å². The number of nitrogens with one attached hydrogen (secondary N) is 2. The molecule has 4 N–H and O–H groups in total. The van der Waals surface area contributed by atoms with Crippen molar-refractivity contribution >= 4 is 17.8 Å². The van der Waals surface area contributed by atoms with E-state index >= 15 is 0 Å². The van der Waals surface area contributed by atoms with E-state index in [9.17, 15) is 14.4 Å². The van der Waals surface area contributed by atoms with Crippen LogP contribution in [0.3, 0.4) is 0 Å². The molecule has 1 rings (SSSR count). The van der Waals surface area contributed by atoms with Crippen molar-refractivity contribution in [3.63, 3.8) is 0 Å². The van der Waals surface area contributed by atoms with Crippen LogP contribution in [0.25, 0.3) is 0 Å². The molecule has 7 nitrogen and oxygen atoms in total. The number of carbonyl (C=O) groups excluding carboxylic acids is 3. The summed E-state index contributed by atoms with van der Waals surface area (Å²) >= 11 is 0. The summed E-state index contributed by atoms with van der Waals surface area (Å²) in [5.41, 5.74) is 4.79. The van der Waals surface area contributed by atoms with E-state index in [4.69, 9.17) is 5.73 Å². The van der Waals surface area contributed by atoms with E-state index in [0.29, 0.717) is 0 Å². The fourth-order valence-electron chi connectivity index (χ4n) is 1.73. The zero-order valence-corrected chi connectivity index (χ0v) is 9.86. The Morgan fingerprint density at radius 3 is 2.41 bits per heavy atom. The molecule has 1 aliphatic rings. The van der Waals surface area contributed by atoms with Crippen LogP contribution in [0.2, 0.25) is 0 Å². The monoisotopic (exact) mass is 242 g/mol. The first-order valence-corrected chi connectivity index (χ1v) is 5.62. The number of urea groups is 1. The molecule has 7 heteroatoms. The van der Waals surface area contributed by atoms with Gasteiger partial charge in [-0.05, 0) is 19.8 Å². The van der Waals surface area contributed by atoms with E-state index in [1.807, 2.05) is 5.32 Å². The van der Waals surface area contributed by atoms with Crippen LogP contribution in [0.5, 0.6) is 0 Å². The van der Waals surface area contributed by atoms with Crippen molar-refractivity contribution in [2.75, 3.05) is 19.6 Å². The standard InChI is InChI=1S/C10H18N4O3/c1-7(9(16)14-4-2-3-5-14)12-6-8(15)13-10(11)17/h7,12H,2-6H2,1H3,(H3,11,13,15,17). The lowest BCUT2D eigenvalue weighted by atomic mass is 10.3. The van der Waals surface area contributed by atoms with Crippen LogP contribution < -0.4 is 16.4 Å². The first-order valence-electron chi connectivity index (χ1n) is 5.62. The summed E-state index contributed by atoms with van der Waals surface area (Å²) in [6.45, 7) is 3.14. The molecule has 96 valence electrons. The smallest absolute Gasteiger partial charge is 0.318 e. The molecule has 0 saturated carbocycles. The van der Waals surface area contributed by atoms with E-state index in [1.165, 1.54) is 0 Å². The van der Waals surface area contributed by atoms with Gasteiger partial charge in [-0.25, -0.2) is 4.79 Å². The zero-order valence-electron chi connectivity index (χ0n) is 9.86. The number of primary amides is 1. The zero-order chi connectivity index (χ0) is 12.8. The number of nitrogens with two attached hydrogens (primary N) is 1. The first kappa shape index (κ1) is 13.4. The molecule has 17 heavy (non-hydrogen) atoms. The molecular formula is C10H18N4O3. The highest BCUT2D eigenvalue weighted by molar-refractivity contribution is 5.94. The maximum Gasteiger partial charge on any atom is 0.318 e. The van der Waals surface area contributed by atoms with Crippen LogP contribution in [0.1, 0.15) is 19.8 Å². The summed E-state index contributed by atoms with van der Waals surface area (Å²) in [4.78, 5) is 35.1. The van der Waals surface area contributed by atoms with E-state index in [-0.39, 0.29) is 12.5 Å². The second-order valence-corrected chi connectivity index (χ2v) is 4.05. The molecule has 0 aromatic rings. The molecule has 0 radical (unpaired) electrons. The summed E-state index contributed by atoms with van der Waals surface area (Å²) in [6.07, 6.45) is 2.06. The Hall–Kier alpha value is -1.63. The number of nitrogens with zero attached hydrogens (tertiary/aromatic N) is 1. The fraction of sp³-hybridized carbons (Fsp3) is 0.700. The van der Waals surface area contributed by atoms with E-state index in [1.54, 1.807) is 11.8 Å². The van der Waals surface area contributed by atoms with Gasteiger partial charge in [0.1, 0.15) is 0 Å². The number of hydrogen-bond donors (Lipinski definition) is 3. The van der Waals surface area contributed by atoms with E-state index in [2.05, 4.69) is 5.32 Å². The first-order chi connectivity index (χ1) is 8.00. The van der Waals surface area contributed by atoms with Gasteiger partial charge in [0.05, 0.1) is 12.6 Å². The number of imide groups is 1. The average Bonchev–Trinajstić information content (AvgIpc) is 2.77. The lowest BCUT2D eigenvalue weighted by molar-refractivity contribution is -0.132. The number of amides is 4. The Bertz CT molecular complexity index is 313. The minimum absolute atomic E-state index is 0.0191. The molecule has 0 spiro atoms. The summed E-state index contributed by atoms with van der Waals surface area (Å²) in [5, 5.41) is 4.67. The van der Waals surface area contributed by atoms with Gasteiger partial charge >= 0.3 is 6.03 Å². The molecule has 1 atom stereocenters. The molecule has 4 amide bonds. The lowest BCUT2D eigenvalue weighted by Gasteiger charge is -2.20. The minimum atomic E-state index is -0.893. The fourth-order valence-corrected chi connectivity index (χ4v) is 1.73. The molecule has 0 aliphatic carbocycles. The summed E-state index contributed by atoms with van der Waals surface area (Å²) < 4.78 is 0. The Morgan fingerprint density at radius 2 is 1.88 bits per heavy atom. The number of rotatable bonds is 4. The van der Waals surface area contributed by atoms with Gasteiger partial charge < -0.3 is 10.6 Å². The Morgan fingerprint density at radius 1 is 1.29 bits per heavy atom. The highest BCUT2D eigenvalue weighted by Gasteiger charge is 2.23. The molecule has 1 aliphatic heterocycles. The molecule has 1 saturated heterocycles. The third-order valence-electron chi connectivity index (χ3n) is 2.62. The van der Waals surface area contributed by atoms with Crippen LogP contribution in [-0.4, -0.2) is 48.4 Å². The number of carbonyl (C=O) groups is 3. The predicted molar refractivity (Wildman–Crippen MR) is 61.0 cm³/mol. The van der Waals surface area contributed by atoms with Gasteiger partial charge in [-0.2, -0.15) is 0 Å². The lowest BCUT2D eigenvalue weighted by Crippen LogP contribution is -2.48. The highest BCUT2D eigenvalue weighted by atomic mass is 16.2. The van der Waals surface area contributed by atoms with Crippen molar-refractivity contribution in [2.45, 2.75) is 25.8 Å². The van der Waals surface area contributed by atoms with Gasteiger partial charge in [-0.3, -0.25) is 20.2 Å². The van der Waals surface area contributed by atoms with Crippen molar-refractivity contribution in [3.05, 3.63) is 0 Å². The normalized spacial score (nSPS) is 16.6. The Balaban J connectivity index is 2.28. The summed E-state index contributed by atoms with van der Waals surface area (Å²) in [7, 11) is 0. The highest BCUT2D eigenvalue weighted by Crippen LogP contribution is 2.08. The third kappa shape index (κ3) is 4.39. The van der Waals surface area contributed by atoms with Crippen LogP contribution in [0, 0.1) is 0 Å². The van der Waals surface area contributed by atoms with E-state index in [0.717, 1.165) is 25.9 Å². The SMILES string of the molecule is CC(NCC(=O)NC(N)=O)C(=O)N1CCCC1. The molecule has 0 bridgehead atoms. The topological polar surface area (TPSA) is 105 Å². The summed E-state index contributed by atoms with van der Waals surface area (Å²) in [6, 6.07) is -1.33.